The number of ketones is 3. The molecule has 1 aromatic rings. The van der Waals surface area contributed by atoms with Crippen molar-refractivity contribution in [3.8, 4) is 0 Å². The van der Waals surface area contributed by atoms with Gasteiger partial charge in [-0.15, -0.1) is 0 Å². The Kier molecular flexibility index (Phi) is 11.8. The van der Waals surface area contributed by atoms with E-state index in [-0.39, 0.29) is 31.4 Å². The molecular weight excluding hydrogens is 675 g/mol. The molecule has 13 nitrogen and oxygen atoms in total. The molecule has 0 bridgehead atoms. The van der Waals surface area contributed by atoms with Crippen LogP contribution in [0.3, 0.4) is 0 Å². The van der Waals surface area contributed by atoms with Crippen LogP contribution in [0.2, 0.25) is 0 Å². The van der Waals surface area contributed by atoms with Crippen LogP contribution >= 0.6 is 0 Å². The summed E-state index contributed by atoms with van der Waals surface area (Å²) in [6, 6.07) is 2.45. The first-order valence-corrected chi connectivity index (χ1v) is 16.6. The molecule has 1 fully saturated rings. The molecule has 2 aliphatic heterocycles. The van der Waals surface area contributed by atoms with Crippen LogP contribution < -0.4 is 11.1 Å². The van der Waals surface area contributed by atoms with Crippen LogP contribution in [0.4, 0.5) is 13.2 Å². The molecule has 0 radical (unpaired) electrons. The summed E-state index contributed by atoms with van der Waals surface area (Å²) in [6.07, 6.45) is -0.596. The number of hydrogen-bond acceptors (Lipinski definition) is 10. The predicted molar refractivity (Wildman–Crippen MR) is 175 cm³/mol. The van der Waals surface area contributed by atoms with E-state index in [1.165, 1.54) is 44.9 Å². The van der Waals surface area contributed by atoms with Crippen LogP contribution in [0.15, 0.2) is 54.3 Å². The lowest BCUT2D eigenvalue weighted by Crippen LogP contribution is -2.67. The lowest BCUT2D eigenvalue weighted by atomic mass is 9.81. The van der Waals surface area contributed by atoms with Crippen LogP contribution in [-0.2, 0) is 33.6 Å². The number of carbonyl (C=O) groups is 7. The number of benzene rings is 1. The average molecular weight is 718 g/mol. The third-order valence-corrected chi connectivity index (χ3v) is 9.60. The highest BCUT2D eigenvalue weighted by Gasteiger charge is 2.53. The average Bonchev–Trinajstić information content (AvgIpc) is 3.48. The lowest BCUT2D eigenvalue weighted by Gasteiger charge is -2.39. The Morgan fingerprint density at radius 1 is 1.00 bits per heavy atom. The third-order valence-electron chi connectivity index (χ3n) is 9.60. The summed E-state index contributed by atoms with van der Waals surface area (Å²) >= 11 is 0. The van der Waals surface area contributed by atoms with Gasteiger partial charge in [-0.1, -0.05) is 70.2 Å². The number of allylic oxidation sites excluding steroid dienone is 1. The molecule has 51 heavy (non-hydrogen) atoms. The maximum Gasteiger partial charge on any atom is 0.451 e. The molecule has 1 aliphatic carbocycles. The first kappa shape index (κ1) is 39.2. The number of nitrogens with zero attached hydrogens (tertiary/aromatic N) is 3. The molecule has 4 rings (SSSR count). The molecule has 5 atom stereocenters. The van der Waals surface area contributed by atoms with Gasteiger partial charge in [0.05, 0.1) is 24.7 Å². The monoisotopic (exact) mass is 717 g/mol. The fourth-order valence-electron chi connectivity index (χ4n) is 7.02. The number of amides is 3. The number of nitrogens with two attached hydrogens (primary N) is 1. The van der Waals surface area contributed by atoms with E-state index in [1.54, 1.807) is 36.4 Å². The van der Waals surface area contributed by atoms with Crippen LogP contribution in [-0.4, -0.2) is 110 Å². The first-order chi connectivity index (χ1) is 23.8. The number of fused-ring (bicyclic) bond motifs is 1. The predicted octanol–water partition coefficient (Wildman–Crippen LogP) is 1.92. The second kappa shape index (κ2) is 15.4. The maximum absolute atomic E-state index is 14.3. The van der Waals surface area contributed by atoms with Gasteiger partial charge in [0.15, 0.2) is 17.1 Å². The van der Waals surface area contributed by atoms with Crippen molar-refractivity contribution in [1.82, 2.24) is 20.0 Å². The van der Waals surface area contributed by atoms with E-state index >= 15 is 0 Å². The van der Waals surface area contributed by atoms with Gasteiger partial charge in [-0.2, -0.15) is 13.2 Å². The molecule has 4 N–H and O–H groups in total. The molecular formula is C35H42F3N5O8. The molecule has 0 saturated carbocycles. The van der Waals surface area contributed by atoms with Crippen molar-refractivity contribution in [2.45, 2.75) is 82.8 Å². The molecule has 2 unspecified atom stereocenters. The summed E-state index contributed by atoms with van der Waals surface area (Å²) in [6.45, 7) is 4.18. The van der Waals surface area contributed by atoms with Gasteiger partial charge >= 0.3 is 12.1 Å². The number of hydrogen-bond donors (Lipinski definition) is 3. The number of Topliss-reactive ketones (excluding diaryl/α,β-unsaturated/α-hetero) is 3. The molecule has 2 heterocycles. The van der Waals surface area contributed by atoms with Crippen LogP contribution in [0.5, 0.6) is 0 Å². The zero-order valence-electron chi connectivity index (χ0n) is 28.7. The van der Waals surface area contributed by atoms with Crippen LogP contribution in [0.1, 0.15) is 58.6 Å². The van der Waals surface area contributed by atoms with E-state index in [2.05, 4.69) is 5.32 Å². The number of nitrogens with one attached hydrogen (secondary N) is 1. The summed E-state index contributed by atoms with van der Waals surface area (Å²) in [7, 11) is 0. The van der Waals surface area contributed by atoms with E-state index in [1.807, 2.05) is 0 Å². The number of halogens is 3. The zero-order chi connectivity index (χ0) is 38.0. The van der Waals surface area contributed by atoms with Gasteiger partial charge in [0.2, 0.25) is 11.8 Å². The van der Waals surface area contributed by atoms with Crippen molar-refractivity contribution in [2.24, 2.45) is 17.6 Å². The Bertz CT molecular complexity index is 1640. The van der Waals surface area contributed by atoms with Crippen molar-refractivity contribution < 1.29 is 51.8 Å². The van der Waals surface area contributed by atoms with Crippen LogP contribution in [0, 0.1) is 11.8 Å². The second-order valence-corrected chi connectivity index (χ2v) is 13.7. The molecule has 3 amide bonds. The SMILES string of the molecule is CC(C)[C@@H](C(=O)C(F)(F)F)N1CCC[C@H]1C(=O)NC(=O)[C@](N)(C(=O)CN1C2C(=O)CC=CC2=CN(CC(=O)O)C(=O)C1c1ccccc1)C(C)C. The number of carboxylic acids is 1. The number of alkyl halides is 3. The highest BCUT2D eigenvalue weighted by atomic mass is 19.4. The van der Waals surface area contributed by atoms with E-state index in [0.29, 0.717) is 5.56 Å². The standard InChI is InChI=1S/C35H42F3N5O8/c1-19(2)27(30(48)35(36,37)38)42-15-9-13-23(42)31(49)40-33(51)34(39,20(3)4)25(45)17-43-28-22(12-8-14-24(28)44)16-41(18-26(46)47)32(50)29(43)21-10-6-5-7-11-21/h5-8,10-12,16,19-20,23,27-29H,9,13-15,17-18,39H2,1-4H3,(H,46,47)(H,40,49,51)/t23-,27-,28?,29?,34+/m0/s1. The Morgan fingerprint density at radius 3 is 2.22 bits per heavy atom. The minimum absolute atomic E-state index is 0.0176. The van der Waals surface area contributed by atoms with Gasteiger partial charge in [-0.05, 0) is 42.4 Å². The Hall–Kier alpha value is -4.54. The van der Waals surface area contributed by atoms with Crippen molar-refractivity contribution in [3.05, 3.63) is 59.8 Å². The summed E-state index contributed by atoms with van der Waals surface area (Å²) in [4.78, 5) is 96.7. The summed E-state index contributed by atoms with van der Waals surface area (Å²) in [5.41, 5.74) is 4.65. The molecule has 0 spiro atoms. The van der Waals surface area contributed by atoms with Crippen molar-refractivity contribution in [2.75, 3.05) is 19.6 Å². The smallest absolute Gasteiger partial charge is 0.451 e. The van der Waals surface area contributed by atoms with Gasteiger partial charge in [-0.25, -0.2) is 0 Å². The lowest BCUT2D eigenvalue weighted by molar-refractivity contribution is -0.179. The molecule has 16 heteroatoms. The van der Waals surface area contributed by atoms with E-state index in [9.17, 15) is 51.8 Å². The highest BCUT2D eigenvalue weighted by molar-refractivity contribution is 6.16. The van der Waals surface area contributed by atoms with Crippen molar-refractivity contribution >= 4 is 41.0 Å². The number of aliphatic carboxylic acids is 1. The molecule has 1 aromatic carbocycles. The first-order valence-electron chi connectivity index (χ1n) is 16.6. The van der Waals surface area contributed by atoms with Gasteiger partial charge in [0, 0.05) is 12.6 Å². The summed E-state index contributed by atoms with van der Waals surface area (Å²) in [5, 5.41) is 11.7. The molecule has 1 saturated heterocycles. The van der Waals surface area contributed by atoms with Crippen molar-refractivity contribution in [3.63, 3.8) is 0 Å². The number of imide groups is 1. The quantitative estimate of drug-likeness (QED) is 0.268. The van der Waals surface area contributed by atoms with Gasteiger partial charge in [0.1, 0.15) is 12.6 Å². The van der Waals surface area contributed by atoms with Crippen molar-refractivity contribution in [1.29, 1.82) is 0 Å². The minimum Gasteiger partial charge on any atom is -0.480 e. The Morgan fingerprint density at radius 2 is 1.65 bits per heavy atom. The van der Waals surface area contributed by atoms with Crippen LogP contribution in [0.25, 0.3) is 0 Å². The Balaban J connectivity index is 1.69. The summed E-state index contributed by atoms with van der Waals surface area (Å²) in [5.74, 6) is -9.60. The zero-order valence-corrected chi connectivity index (χ0v) is 28.7. The molecule has 0 aromatic heterocycles. The summed E-state index contributed by atoms with van der Waals surface area (Å²) < 4.78 is 40.5. The fraction of sp³-hybridized carbons (Fsp3) is 0.514. The van der Waals surface area contributed by atoms with Gasteiger partial charge in [0.25, 0.3) is 11.7 Å². The number of carboxylic acid groups (broad SMARTS) is 1. The number of rotatable bonds is 12. The number of likely N-dealkylation sites (tertiary alicyclic amines) is 1. The Labute approximate surface area is 292 Å². The largest absolute Gasteiger partial charge is 0.480 e. The topological polar surface area (TPSA) is 187 Å². The molecule has 276 valence electrons. The fourth-order valence-corrected chi connectivity index (χ4v) is 7.02. The van der Waals surface area contributed by atoms with Gasteiger partial charge < -0.3 is 15.7 Å². The van der Waals surface area contributed by atoms with E-state index in [0.717, 1.165) is 9.80 Å². The molecule has 3 aliphatic rings. The normalized spacial score (nSPS) is 23.4. The third kappa shape index (κ3) is 8.02. The maximum atomic E-state index is 14.3. The van der Waals surface area contributed by atoms with E-state index in [4.69, 9.17) is 5.73 Å². The highest BCUT2D eigenvalue weighted by Crippen LogP contribution is 2.35. The number of carbonyl (C=O) groups excluding carboxylic acids is 6. The minimum atomic E-state index is -5.16. The van der Waals surface area contributed by atoms with E-state index < -0.39 is 102 Å². The second-order valence-electron chi connectivity index (χ2n) is 13.7. The van der Waals surface area contributed by atoms with Gasteiger partial charge in [-0.3, -0.25) is 48.7 Å².